The molecule has 4 rings (SSSR count). The van der Waals surface area contributed by atoms with Crippen LogP contribution in [-0.2, 0) is 12.6 Å². The molecule has 214 valence electrons. The van der Waals surface area contributed by atoms with Crippen molar-refractivity contribution >= 4 is 28.9 Å². The number of hydrogen-bond acceptors (Lipinski definition) is 8. The third-order valence-corrected chi connectivity index (χ3v) is 7.84. The molecule has 12 heteroatoms. The lowest BCUT2D eigenvalue weighted by Gasteiger charge is -2.44. The molecule has 0 spiro atoms. The van der Waals surface area contributed by atoms with Gasteiger partial charge in [0.25, 0.3) is 5.91 Å². The molecule has 2 aliphatic rings. The summed E-state index contributed by atoms with van der Waals surface area (Å²) in [6, 6.07) is 4.30. The van der Waals surface area contributed by atoms with E-state index in [9.17, 15) is 23.1 Å². The van der Waals surface area contributed by atoms with E-state index in [-0.39, 0.29) is 47.1 Å². The van der Waals surface area contributed by atoms with Gasteiger partial charge >= 0.3 is 6.18 Å². The van der Waals surface area contributed by atoms with Crippen molar-refractivity contribution in [2.75, 3.05) is 35.7 Å². The van der Waals surface area contributed by atoms with Gasteiger partial charge in [-0.05, 0) is 71.2 Å². The number of carbonyl (C=O) groups is 1. The van der Waals surface area contributed by atoms with Gasteiger partial charge in [-0.3, -0.25) is 9.69 Å². The zero-order chi connectivity index (χ0) is 28.5. The van der Waals surface area contributed by atoms with E-state index in [1.54, 1.807) is 11.0 Å². The highest BCUT2D eigenvalue weighted by Gasteiger charge is 2.37. The summed E-state index contributed by atoms with van der Waals surface area (Å²) in [4.78, 5) is 25.1. The fraction of sp³-hybridized carbons (Fsp3) is 0.593. The number of primary amides is 1. The number of nitrogens with one attached hydrogen (secondary N) is 2. The minimum Gasteiger partial charge on any atom is -0.393 e. The third kappa shape index (κ3) is 6.55. The number of aromatic nitrogens is 2. The van der Waals surface area contributed by atoms with E-state index in [4.69, 9.17) is 5.73 Å². The Morgan fingerprint density at radius 3 is 2.31 bits per heavy atom. The summed E-state index contributed by atoms with van der Waals surface area (Å²) in [7, 11) is 1.98. The molecule has 1 amide bonds. The summed E-state index contributed by atoms with van der Waals surface area (Å²) in [5.41, 5.74) is 5.43. The number of likely N-dealkylation sites (N-methyl/N-ethyl adjacent to an activating group) is 1. The maximum Gasteiger partial charge on any atom is 0.418 e. The number of aliphatic hydroxyl groups excluding tert-OH is 1. The molecule has 5 N–H and O–H groups in total. The molecule has 2 fully saturated rings. The van der Waals surface area contributed by atoms with Crippen molar-refractivity contribution in [1.82, 2.24) is 14.9 Å². The maximum absolute atomic E-state index is 14.3. The number of amides is 1. The van der Waals surface area contributed by atoms with E-state index in [1.807, 2.05) is 27.8 Å². The summed E-state index contributed by atoms with van der Waals surface area (Å²) < 4.78 is 42.8. The minimum atomic E-state index is -4.59. The van der Waals surface area contributed by atoms with Crippen molar-refractivity contribution in [3.05, 3.63) is 35.2 Å². The maximum atomic E-state index is 14.3. The normalized spacial score (nSPS) is 24.5. The molecule has 2 atom stereocenters. The number of anilines is 4. The monoisotopic (exact) mass is 549 g/mol. The second-order valence-electron chi connectivity index (χ2n) is 10.7. The number of piperazine rings is 1. The molecule has 0 radical (unpaired) electrons. The lowest BCUT2D eigenvalue weighted by Crippen LogP contribution is -2.55. The Balaban J connectivity index is 1.67. The van der Waals surface area contributed by atoms with Crippen molar-refractivity contribution in [3.8, 4) is 0 Å². The van der Waals surface area contributed by atoms with Crippen LogP contribution in [0.5, 0.6) is 0 Å². The number of halogens is 3. The second-order valence-corrected chi connectivity index (χ2v) is 10.7. The van der Waals surface area contributed by atoms with Crippen LogP contribution in [0, 0.1) is 0 Å². The topological polar surface area (TPSA) is 120 Å². The lowest BCUT2D eigenvalue weighted by atomic mass is 9.93. The van der Waals surface area contributed by atoms with E-state index in [0.29, 0.717) is 43.9 Å². The van der Waals surface area contributed by atoms with Crippen LogP contribution >= 0.6 is 0 Å². The molecule has 39 heavy (non-hydrogen) atoms. The van der Waals surface area contributed by atoms with Crippen LogP contribution in [0.15, 0.2) is 18.2 Å². The smallest absolute Gasteiger partial charge is 0.393 e. The molecule has 1 aliphatic heterocycles. The summed E-state index contributed by atoms with van der Waals surface area (Å²) >= 11 is 0. The van der Waals surface area contributed by atoms with Crippen molar-refractivity contribution in [2.45, 2.75) is 83.3 Å². The predicted molar refractivity (Wildman–Crippen MR) is 145 cm³/mol. The zero-order valence-electron chi connectivity index (χ0n) is 22.8. The number of alkyl halides is 3. The predicted octanol–water partition coefficient (Wildman–Crippen LogP) is 4.14. The Morgan fingerprint density at radius 1 is 1.10 bits per heavy atom. The summed E-state index contributed by atoms with van der Waals surface area (Å²) in [5.74, 6) is -0.402. The SMILES string of the molecule is CCc1nc(C(N)=O)c(Nc2ccc(N3C[C@@H](C)N(C)[C@@H](C)C3)c(C(F)(F)F)c2)nc1NC1CCC(O)CC1. The van der Waals surface area contributed by atoms with Gasteiger partial charge in [0.15, 0.2) is 11.5 Å². The fourth-order valence-corrected chi connectivity index (χ4v) is 5.36. The summed E-state index contributed by atoms with van der Waals surface area (Å²) in [5, 5.41) is 16.0. The Labute approximate surface area is 227 Å². The third-order valence-electron chi connectivity index (χ3n) is 7.84. The summed E-state index contributed by atoms with van der Waals surface area (Å²) in [6.07, 6.45) is -1.63. The number of benzene rings is 1. The highest BCUT2D eigenvalue weighted by Crippen LogP contribution is 2.40. The highest BCUT2D eigenvalue weighted by molar-refractivity contribution is 5.96. The van der Waals surface area contributed by atoms with Crippen LogP contribution in [0.3, 0.4) is 0 Å². The average Bonchev–Trinajstić information content (AvgIpc) is 2.87. The first-order chi connectivity index (χ1) is 18.4. The van der Waals surface area contributed by atoms with E-state index in [0.717, 1.165) is 18.9 Å². The first kappa shape index (κ1) is 28.9. The van der Waals surface area contributed by atoms with Gasteiger partial charge in [0.2, 0.25) is 0 Å². The number of nitrogens with two attached hydrogens (primary N) is 1. The number of rotatable bonds is 7. The van der Waals surface area contributed by atoms with Crippen LogP contribution in [0.2, 0.25) is 0 Å². The van der Waals surface area contributed by atoms with Gasteiger partial charge in [0.05, 0.1) is 17.4 Å². The van der Waals surface area contributed by atoms with Gasteiger partial charge in [0, 0.05) is 42.6 Å². The molecule has 0 bridgehead atoms. The molecular weight excluding hydrogens is 511 g/mol. The number of nitrogens with zero attached hydrogens (tertiary/aromatic N) is 4. The van der Waals surface area contributed by atoms with Crippen molar-refractivity contribution < 1.29 is 23.1 Å². The van der Waals surface area contributed by atoms with Crippen LogP contribution in [0.1, 0.15) is 68.2 Å². The van der Waals surface area contributed by atoms with Crippen LogP contribution in [-0.4, -0.2) is 70.2 Å². The highest BCUT2D eigenvalue weighted by atomic mass is 19.4. The minimum absolute atomic E-state index is 0.0132. The zero-order valence-corrected chi connectivity index (χ0v) is 22.8. The molecule has 0 unspecified atom stereocenters. The first-order valence-electron chi connectivity index (χ1n) is 13.5. The molecule has 1 aromatic heterocycles. The van der Waals surface area contributed by atoms with Gasteiger partial charge in [0.1, 0.15) is 5.82 Å². The van der Waals surface area contributed by atoms with Gasteiger partial charge in [-0.15, -0.1) is 0 Å². The molecule has 2 aromatic rings. The molecule has 2 heterocycles. The van der Waals surface area contributed by atoms with Crippen LogP contribution in [0.4, 0.5) is 36.2 Å². The number of carbonyl (C=O) groups excluding carboxylic acids is 1. The Morgan fingerprint density at radius 2 is 1.74 bits per heavy atom. The van der Waals surface area contributed by atoms with Gasteiger partial charge in [-0.2, -0.15) is 13.2 Å². The number of aliphatic hydroxyl groups is 1. The van der Waals surface area contributed by atoms with Crippen molar-refractivity contribution in [2.24, 2.45) is 5.73 Å². The van der Waals surface area contributed by atoms with E-state index in [2.05, 4.69) is 25.5 Å². The Hall–Kier alpha value is -3.12. The van der Waals surface area contributed by atoms with Gasteiger partial charge < -0.3 is 26.4 Å². The standard InChI is InChI=1S/C27H38F3N7O2/c1-5-21-25(32-17-6-9-19(38)10-7-17)35-26(23(34-21)24(31)39)33-18-8-11-22(20(12-18)27(28,29)30)37-13-15(2)36(4)16(3)14-37/h8,11-12,15-17,19,38H,5-7,9-10,13-14H2,1-4H3,(H2,31,39)(H2,32,33,35)/t15-,16+,17?,19?. The Kier molecular flexibility index (Phi) is 8.55. The Bertz CT molecular complexity index is 1170. The average molecular weight is 550 g/mol. The number of aryl methyl sites for hydroxylation is 1. The lowest BCUT2D eigenvalue weighted by molar-refractivity contribution is -0.137. The largest absolute Gasteiger partial charge is 0.418 e. The molecule has 9 nitrogen and oxygen atoms in total. The molecule has 1 saturated heterocycles. The second kappa shape index (κ2) is 11.5. The van der Waals surface area contributed by atoms with Gasteiger partial charge in [-0.1, -0.05) is 6.92 Å². The van der Waals surface area contributed by atoms with Crippen molar-refractivity contribution in [1.29, 1.82) is 0 Å². The van der Waals surface area contributed by atoms with Gasteiger partial charge in [-0.25, -0.2) is 9.97 Å². The van der Waals surface area contributed by atoms with E-state index in [1.165, 1.54) is 6.07 Å². The van der Waals surface area contributed by atoms with Crippen LogP contribution in [0.25, 0.3) is 0 Å². The fourth-order valence-electron chi connectivity index (χ4n) is 5.36. The molecule has 1 saturated carbocycles. The van der Waals surface area contributed by atoms with E-state index >= 15 is 0 Å². The summed E-state index contributed by atoms with van der Waals surface area (Å²) in [6.45, 7) is 6.80. The van der Waals surface area contributed by atoms with Crippen LogP contribution < -0.4 is 21.3 Å². The molecule has 1 aliphatic carbocycles. The molecule has 1 aromatic carbocycles. The quantitative estimate of drug-likeness (QED) is 0.407. The van der Waals surface area contributed by atoms with Crippen molar-refractivity contribution in [3.63, 3.8) is 0 Å². The molecular formula is C27H38F3N7O2. The first-order valence-corrected chi connectivity index (χ1v) is 13.5. The number of hydrogen-bond donors (Lipinski definition) is 4. The van der Waals surface area contributed by atoms with E-state index < -0.39 is 17.6 Å².